The molecule has 1 aromatic heterocycles. The molecule has 0 aliphatic rings. The summed E-state index contributed by atoms with van der Waals surface area (Å²) in [6.45, 7) is 0. The molecule has 0 spiro atoms. The van der Waals surface area contributed by atoms with E-state index in [2.05, 4.69) is 29.4 Å². The van der Waals surface area contributed by atoms with Gasteiger partial charge in [0.05, 0.1) is 0 Å². The predicted octanol–water partition coefficient (Wildman–Crippen LogP) is 3.00. The fourth-order valence-electron chi connectivity index (χ4n) is 2.19. The van der Waals surface area contributed by atoms with Gasteiger partial charge < -0.3 is 0 Å². The average molecular weight is 250 g/mol. The molecular weight excluding hydrogens is 236 g/mol. The molecule has 0 fully saturated rings. The van der Waals surface area contributed by atoms with Crippen molar-refractivity contribution in [2.45, 2.75) is 6.42 Å². The third-order valence-electron chi connectivity index (χ3n) is 3.18. The van der Waals surface area contributed by atoms with Gasteiger partial charge in [0.15, 0.2) is 5.78 Å². The number of ketones is 1. The molecule has 94 valence electrons. The molecule has 0 amide bonds. The number of Topliss-reactive ketones (excluding diaryl/α,β-unsaturated/α-hetero) is 1. The van der Waals surface area contributed by atoms with Crippen LogP contribution in [-0.4, -0.2) is 15.6 Å². The van der Waals surface area contributed by atoms with Crippen LogP contribution >= 0.6 is 0 Å². The number of hydrogen-bond donors (Lipinski definition) is 0. The summed E-state index contributed by atoms with van der Waals surface area (Å²) in [6, 6.07) is 16.0. The van der Waals surface area contributed by atoms with Gasteiger partial charge in [-0.2, -0.15) is 5.10 Å². The zero-order valence-corrected chi connectivity index (χ0v) is 10.7. The van der Waals surface area contributed by atoms with Crippen molar-refractivity contribution in [3.63, 3.8) is 0 Å². The Balaban J connectivity index is 1.87. The summed E-state index contributed by atoms with van der Waals surface area (Å²) in [5, 5.41) is 6.49. The van der Waals surface area contributed by atoms with Crippen molar-refractivity contribution >= 4 is 16.6 Å². The molecule has 3 rings (SSSR count). The van der Waals surface area contributed by atoms with E-state index in [0.29, 0.717) is 12.1 Å². The second kappa shape index (κ2) is 4.69. The molecule has 0 bridgehead atoms. The summed E-state index contributed by atoms with van der Waals surface area (Å²) in [7, 11) is 1.81. The van der Waals surface area contributed by atoms with Crippen LogP contribution in [0.15, 0.2) is 54.7 Å². The molecule has 0 unspecified atom stereocenters. The first-order valence-corrected chi connectivity index (χ1v) is 6.23. The molecule has 0 saturated carbocycles. The molecule has 3 heteroatoms. The van der Waals surface area contributed by atoms with Gasteiger partial charge in [0, 0.05) is 19.7 Å². The number of aryl methyl sites for hydroxylation is 1. The first kappa shape index (κ1) is 11.7. The minimum atomic E-state index is 0.0517. The number of carbonyl (C=O) groups excluding carboxylic acids is 1. The highest BCUT2D eigenvalue weighted by Crippen LogP contribution is 2.16. The molecule has 0 N–H and O–H groups in total. The Labute approximate surface area is 111 Å². The molecule has 0 radical (unpaired) electrons. The van der Waals surface area contributed by atoms with E-state index in [0.717, 1.165) is 10.9 Å². The Morgan fingerprint density at radius 2 is 1.89 bits per heavy atom. The highest BCUT2D eigenvalue weighted by molar-refractivity contribution is 5.96. The van der Waals surface area contributed by atoms with E-state index >= 15 is 0 Å². The Morgan fingerprint density at radius 3 is 2.63 bits per heavy atom. The molecule has 0 saturated heterocycles. The maximum Gasteiger partial charge on any atom is 0.187 e. The van der Waals surface area contributed by atoms with Crippen LogP contribution < -0.4 is 0 Å². The minimum absolute atomic E-state index is 0.0517. The summed E-state index contributed by atoms with van der Waals surface area (Å²) in [4.78, 5) is 12.1. The summed E-state index contributed by atoms with van der Waals surface area (Å²) >= 11 is 0. The van der Waals surface area contributed by atoms with Gasteiger partial charge in [0.2, 0.25) is 0 Å². The molecule has 19 heavy (non-hydrogen) atoms. The van der Waals surface area contributed by atoms with Crippen molar-refractivity contribution in [1.29, 1.82) is 0 Å². The van der Waals surface area contributed by atoms with Gasteiger partial charge in [-0.05, 0) is 22.4 Å². The van der Waals surface area contributed by atoms with Crippen molar-refractivity contribution in [3.05, 3.63) is 66.0 Å². The van der Waals surface area contributed by atoms with Crippen LogP contribution in [0.25, 0.3) is 10.8 Å². The van der Waals surface area contributed by atoms with Crippen LogP contribution in [0.2, 0.25) is 0 Å². The van der Waals surface area contributed by atoms with Crippen LogP contribution in [0, 0.1) is 0 Å². The van der Waals surface area contributed by atoms with Crippen molar-refractivity contribution < 1.29 is 4.79 Å². The predicted molar refractivity (Wildman–Crippen MR) is 75.2 cm³/mol. The Morgan fingerprint density at radius 1 is 1.11 bits per heavy atom. The number of fused-ring (bicyclic) bond motifs is 1. The molecule has 0 aliphatic heterocycles. The molecule has 2 aromatic carbocycles. The van der Waals surface area contributed by atoms with E-state index in [9.17, 15) is 4.79 Å². The number of carbonyl (C=O) groups is 1. The second-order valence-electron chi connectivity index (χ2n) is 4.66. The van der Waals surface area contributed by atoms with Gasteiger partial charge in [-0.25, -0.2) is 0 Å². The van der Waals surface area contributed by atoms with Crippen LogP contribution in [-0.2, 0) is 13.5 Å². The first-order valence-electron chi connectivity index (χ1n) is 6.23. The second-order valence-corrected chi connectivity index (χ2v) is 4.66. The fraction of sp³-hybridized carbons (Fsp3) is 0.125. The summed E-state index contributed by atoms with van der Waals surface area (Å²) in [5.41, 5.74) is 1.55. The number of nitrogens with zero attached hydrogens (tertiary/aromatic N) is 2. The van der Waals surface area contributed by atoms with Crippen LogP contribution in [0.3, 0.4) is 0 Å². The van der Waals surface area contributed by atoms with E-state index in [-0.39, 0.29) is 5.78 Å². The lowest BCUT2D eigenvalue weighted by atomic mass is 10.0. The lowest BCUT2D eigenvalue weighted by Crippen LogP contribution is -2.05. The first-order chi connectivity index (χ1) is 9.22. The molecule has 1 heterocycles. The number of aromatic nitrogens is 2. The number of benzene rings is 2. The van der Waals surface area contributed by atoms with E-state index < -0.39 is 0 Å². The van der Waals surface area contributed by atoms with Crippen LogP contribution in [0.4, 0.5) is 0 Å². The van der Waals surface area contributed by atoms with Gasteiger partial charge >= 0.3 is 0 Å². The maximum atomic E-state index is 12.1. The minimum Gasteiger partial charge on any atom is -0.292 e. The summed E-state index contributed by atoms with van der Waals surface area (Å²) in [5.74, 6) is 0.0517. The average Bonchev–Trinajstić information content (AvgIpc) is 2.85. The van der Waals surface area contributed by atoms with Crippen molar-refractivity contribution in [2.75, 3.05) is 0 Å². The van der Waals surface area contributed by atoms with Crippen molar-refractivity contribution in [1.82, 2.24) is 9.78 Å². The summed E-state index contributed by atoms with van der Waals surface area (Å²) < 4.78 is 1.65. The van der Waals surface area contributed by atoms with Crippen LogP contribution in [0.1, 0.15) is 16.1 Å². The third-order valence-corrected chi connectivity index (χ3v) is 3.18. The van der Waals surface area contributed by atoms with E-state index in [1.807, 2.05) is 25.2 Å². The Hall–Kier alpha value is -2.42. The number of hydrogen-bond acceptors (Lipinski definition) is 2. The summed E-state index contributed by atoms with van der Waals surface area (Å²) in [6.07, 6.45) is 2.18. The lowest BCUT2D eigenvalue weighted by Gasteiger charge is -2.02. The van der Waals surface area contributed by atoms with Crippen molar-refractivity contribution in [2.24, 2.45) is 7.05 Å². The zero-order valence-electron chi connectivity index (χ0n) is 10.7. The van der Waals surface area contributed by atoms with E-state index in [1.165, 1.54) is 5.39 Å². The molecule has 3 aromatic rings. The lowest BCUT2D eigenvalue weighted by molar-refractivity contribution is 0.0987. The number of rotatable bonds is 3. The highest BCUT2D eigenvalue weighted by Gasteiger charge is 2.10. The fourth-order valence-corrected chi connectivity index (χ4v) is 2.19. The van der Waals surface area contributed by atoms with Gasteiger partial charge in [-0.15, -0.1) is 0 Å². The molecule has 0 atom stereocenters. The normalized spacial score (nSPS) is 10.8. The zero-order chi connectivity index (χ0) is 13.2. The van der Waals surface area contributed by atoms with E-state index in [4.69, 9.17) is 0 Å². The van der Waals surface area contributed by atoms with Crippen LogP contribution in [0.5, 0.6) is 0 Å². The molecular formula is C16H14N2O. The Kier molecular flexibility index (Phi) is 2.88. The smallest absolute Gasteiger partial charge is 0.187 e. The van der Waals surface area contributed by atoms with Gasteiger partial charge in [0.1, 0.15) is 5.69 Å². The van der Waals surface area contributed by atoms with E-state index in [1.54, 1.807) is 16.9 Å². The SMILES string of the molecule is Cn1ccc(C(=O)Cc2ccc3ccccc3c2)n1. The quantitative estimate of drug-likeness (QED) is 0.670. The van der Waals surface area contributed by atoms with Gasteiger partial charge in [-0.1, -0.05) is 42.5 Å². The van der Waals surface area contributed by atoms with Gasteiger partial charge in [-0.3, -0.25) is 9.48 Å². The Bertz CT molecular complexity index is 743. The molecule has 0 aliphatic carbocycles. The topological polar surface area (TPSA) is 34.9 Å². The third kappa shape index (κ3) is 2.40. The van der Waals surface area contributed by atoms with Gasteiger partial charge in [0.25, 0.3) is 0 Å². The standard InChI is InChI=1S/C16H14N2O/c1-18-9-8-15(17-18)16(19)11-12-6-7-13-4-2-3-5-14(13)10-12/h2-10H,11H2,1H3. The van der Waals surface area contributed by atoms with Crippen molar-refractivity contribution in [3.8, 4) is 0 Å². The maximum absolute atomic E-state index is 12.1. The molecule has 3 nitrogen and oxygen atoms in total. The largest absolute Gasteiger partial charge is 0.292 e. The monoisotopic (exact) mass is 250 g/mol. The highest BCUT2D eigenvalue weighted by atomic mass is 16.1.